The second kappa shape index (κ2) is 8.16. The summed E-state index contributed by atoms with van der Waals surface area (Å²) in [4.78, 5) is 13.9. The van der Waals surface area contributed by atoms with E-state index >= 15 is 0 Å². The van der Waals surface area contributed by atoms with E-state index in [1.54, 1.807) is 15.9 Å². The Labute approximate surface area is 166 Å². The van der Waals surface area contributed by atoms with E-state index in [-0.39, 0.29) is 11.9 Å². The zero-order chi connectivity index (χ0) is 18.7. The Bertz CT molecular complexity index is 948. The molecule has 0 spiro atoms. The van der Waals surface area contributed by atoms with Crippen molar-refractivity contribution in [2.75, 3.05) is 0 Å². The predicted molar refractivity (Wildman–Crippen MR) is 108 cm³/mol. The molecule has 8 heteroatoms. The van der Waals surface area contributed by atoms with Crippen molar-refractivity contribution in [1.82, 2.24) is 20.1 Å². The topological polar surface area (TPSA) is 62.7 Å². The normalized spacial score (nSPS) is 13.3. The largest absolute Gasteiger partial charge is 0.348 e. The van der Waals surface area contributed by atoms with Gasteiger partial charge in [0.15, 0.2) is 10.6 Å². The summed E-state index contributed by atoms with van der Waals surface area (Å²) >= 11 is 13.0. The Morgan fingerprint density at radius 1 is 1.42 bits per heavy atom. The highest BCUT2D eigenvalue weighted by molar-refractivity contribution is 7.71. The maximum Gasteiger partial charge on any atom is 0.243 e. The second-order valence-corrected chi connectivity index (χ2v) is 7.67. The molecule has 1 aromatic carbocycles. The van der Waals surface area contributed by atoms with Crippen LogP contribution in [0.4, 0.5) is 0 Å². The molecular weight excluding hydrogens is 388 g/mol. The molecule has 2 atom stereocenters. The van der Waals surface area contributed by atoms with Crippen LogP contribution in [-0.2, 0) is 4.79 Å². The molecule has 5 nitrogen and oxygen atoms in total. The number of H-pyrrole nitrogens is 1. The summed E-state index contributed by atoms with van der Waals surface area (Å²) < 4.78 is 2.17. The third kappa shape index (κ3) is 3.90. The minimum Gasteiger partial charge on any atom is -0.348 e. The maximum absolute atomic E-state index is 12.9. The number of hydrogen-bond donors (Lipinski definition) is 2. The molecule has 2 unspecified atom stereocenters. The van der Waals surface area contributed by atoms with Gasteiger partial charge >= 0.3 is 0 Å². The number of rotatable bonds is 6. The van der Waals surface area contributed by atoms with E-state index in [0.29, 0.717) is 15.6 Å². The van der Waals surface area contributed by atoms with Crippen LogP contribution in [0.3, 0.4) is 0 Å². The Morgan fingerprint density at radius 3 is 2.88 bits per heavy atom. The van der Waals surface area contributed by atoms with E-state index in [1.165, 1.54) is 0 Å². The van der Waals surface area contributed by atoms with Gasteiger partial charge in [0, 0.05) is 5.02 Å². The van der Waals surface area contributed by atoms with Crippen LogP contribution in [0.1, 0.15) is 37.9 Å². The van der Waals surface area contributed by atoms with Crippen LogP contribution in [-0.4, -0.2) is 20.7 Å². The lowest BCUT2D eigenvalue weighted by atomic mass is 10.0. The predicted octanol–water partition coefficient (Wildman–Crippen LogP) is 5.15. The molecule has 3 aromatic rings. The molecule has 0 fully saturated rings. The minimum absolute atomic E-state index is 0.116. The number of carbonyl (C=O) groups excluding carboxylic acids is 1. The minimum atomic E-state index is -0.494. The first-order valence-corrected chi connectivity index (χ1v) is 9.94. The Morgan fingerprint density at radius 2 is 2.23 bits per heavy atom. The first-order chi connectivity index (χ1) is 12.5. The summed E-state index contributed by atoms with van der Waals surface area (Å²) in [6, 6.07) is 10.8. The number of nitrogens with zero attached hydrogens (tertiary/aromatic N) is 2. The van der Waals surface area contributed by atoms with E-state index in [2.05, 4.69) is 15.5 Å². The lowest BCUT2D eigenvalue weighted by Gasteiger charge is -2.21. The molecule has 0 aliphatic carbocycles. The van der Waals surface area contributed by atoms with E-state index in [9.17, 15) is 4.79 Å². The molecule has 2 heterocycles. The number of aromatic amines is 1. The number of halogens is 1. The van der Waals surface area contributed by atoms with Gasteiger partial charge in [0.25, 0.3) is 0 Å². The molecule has 0 aliphatic rings. The summed E-state index contributed by atoms with van der Waals surface area (Å²) in [5, 5.41) is 12.8. The van der Waals surface area contributed by atoms with Gasteiger partial charge < -0.3 is 5.32 Å². The molecule has 136 valence electrons. The second-order valence-electron chi connectivity index (χ2n) is 5.90. The molecule has 0 saturated carbocycles. The molecule has 1 amide bonds. The number of benzene rings is 1. The molecule has 0 radical (unpaired) electrons. The van der Waals surface area contributed by atoms with Gasteiger partial charge in [-0.2, -0.15) is 5.10 Å². The zero-order valence-corrected chi connectivity index (χ0v) is 16.8. The summed E-state index contributed by atoms with van der Waals surface area (Å²) in [5.74, 6) is 0.551. The summed E-state index contributed by atoms with van der Waals surface area (Å²) in [6.45, 7) is 3.85. The van der Waals surface area contributed by atoms with Crippen LogP contribution in [0.25, 0.3) is 10.7 Å². The van der Waals surface area contributed by atoms with Crippen LogP contribution in [0, 0.1) is 4.77 Å². The fraction of sp³-hybridized carbons (Fsp3) is 0.278. The molecule has 2 N–H and O–H groups in total. The Hall–Kier alpha value is -1.96. The number of thiophene rings is 1. The molecule has 0 bridgehead atoms. The van der Waals surface area contributed by atoms with Gasteiger partial charge in [-0.05, 0) is 54.7 Å². The number of hydrogen-bond acceptors (Lipinski definition) is 4. The average molecular weight is 407 g/mol. The van der Waals surface area contributed by atoms with Gasteiger partial charge in [-0.25, -0.2) is 0 Å². The van der Waals surface area contributed by atoms with Crippen molar-refractivity contribution in [3.8, 4) is 10.7 Å². The molecule has 0 saturated heterocycles. The van der Waals surface area contributed by atoms with Crippen molar-refractivity contribution in [3.63, 3.8) is 0 Å². The van der Waals surface area contributed by atoms with Crippen molar-refractivity contribution < 1.29 is 4.79 Å². The average Bonchev–Trinajstić information content (AvgIpc) is 3.28. The first-order valence-electron chi connectivity index (χ1n) is 8.28. The number of carbonyl (C=O) groups is 1. The maximum atomic E-state index is 12.9. The standard InChI is InChI=1S/C18H19ClN4OS2/c1-3-14(12-6-4-7-13(19)10-12)20-17(24)11(2)23-16(21-22-18(23)25)15-8-5-9-26-15/h4-11,14H,3H2,1-2H3,(H,20,24)(H,22,25). The first kappa shape index (κ1) is 18.8. The molecule has 0 aliphatic heterocycles. The smallest absolute Gasteiger partial charge is 0.243 e. The number of nitrogens with one attached hydrogen (secondary N) is 2. The van der Waals surface area contributed by atoms with Crippen LogP contribution in [0.5, 0.6) is 0 Å². The van der Waals surface area contributed by atoms with Gasteiger partial charge in [0.1, 0.15) is 6.04 Å². The quantitative estimate of drug-likeness (QED) is 0.556. The molecule has 3 rings (SSSR count). The van der Waals surface area contributed by atoms with Crippen molar-refractivity contribution in [3.05, 3.63) is 57.1 Å². The summed E-state index contributed by atoms with van der Waals surface area (Å²) in [6.07, 6.45) is 0.757. The number of aromatic nitrogens is 3. The van der Waals surface area contributed by atoms with Crippen molar-refractivity contribution in [2.24, 2.45) is 0 Å². The van der Waals surface area contributed by atoms with Gasteiger partial charge in [0.2, 0.25) is 5.91 Å². The molecule has 2 aromatic heterocycles. The highest BCUT2D eigenvalue weighted by Crippen LogP contribution is 2.26. The van der Waals surface area contributed by atoms with Crippen molar-refractivity contribution in [2.45, 2.75) is 32.4 Å². The van der Waals surface area contributed by atoms with Crippen molar-refractivity contribution >= 4 is 41.1 Å². The zero-order valence-electron chi connectivity index (χ0n) is 14.4. The fourth-order valence-electron chi connectivity index (χ4n) is 2.80. The Balaban J connectivity index is 1.84. The van der Waals surface area contributed by atoms with Gasteiger partial charge in [-0.15, -0.1) is 11.3 Å². The van der Waals surface area contributed by atoms with Crippen LogP contribution < -0.4 is 5.32 Å². The highest BCUT2D eigenvalue weighted by Gasteiger charge is 2.23. The SMILES string of the molecule is CCC(NC(=O)C(C)n1c(-c2cccs2)n[nH]c1=S)c1cccc(Cl)c1. The van der Waals surface area contributed by atoms with E-state index in [4.69, 9.17) is 23.8 Å². The summed E-state index contributed by atoms with van der Waals surface area (Å²) in [7, 11) is 0. The Kier molecular flexibility index (Phi) is 5.90. The van der Waals surface area contributed by atoms with Crippen LogP contribution >= 0.6 is 35.2 Å². The van der Waals surface area contributed by atoms with Gasteiger partial charge in [0.05, 0.1) is 10.9 Å². The third-order valence-corrected chi connectivity index (χ3v) is 5.58. The number of amides is 1. The summed E-state index contributed by atoms with van der Waals surface area (Å²) in [5.41, 5.74) is 0.981. The van der Waals surface area contributed by atoms with E-state index < -0.39 is 6.04 Å². The highest BCUT2D eigenvalue weighted by atomic mass is 35.5. The van der Waals surface area contributed by atoms with Crippen molar-refractivity contribution in [1.29, 1.82) is 0 Å². The van der Waals surface area contributed by atoms with Crippen LogP contribution in [0.15, 0.2) is 41.8 Å². The fourth-order valence-corrected chi connectivity index (χ4v) is 4.00. The monoisotopic (exact) mass is 406 g/mol. The van der Waals surface area contributed by atoms with Crippen LogP contribution in [0.2, 0.25) is 5.02 Å². The van der Waals surface area contributed by atoms with E-state index in [1.807, 2.05) is 55.6 Å². The van der Waals surface area contributed by atoms with E-state index in [0.717, 1.165) is 16.9 Å². The van der Waals surface area contributed by atoms with Gasteiger partial charge in [-0.1, -0.05) is 36.7 Å². The molecular formula is C18H19ClN4OS2. The lowest BCUT2D eigenvalue weighted by Crippen LogP contribution is -2.34. The molecule has 26 heavy (non-hydrogen) atoms. The third-order valence-electron chi connectivity index (χ3n) is 4.19. The van der Waals surface area contributed by atoms with Gasteiger partial charge in [-0.3, -0.25) is 14.5 Å². The lowest BCUT2D eigenvalue weighted by molar-refractivity contribution is -0.124.